The average Bonchev–Trinajstić information content (AvgIpc) is 2.80. The molecule has 1 heterocycles. The highest BCUT2D eigenvalue weighted by atomic mass is 15.2. The first-order valence-electron chi connectivity index (χ1n) is 11.7. The highest BCUT2D eigenvalue weighted by Gasteiger charge is 2.23. The third-order valence-electron chi connectivity index (χ3n) is 6.58. The van der Waals surface area contributed by atoms with Gasteiger partial charge in [0.15, 0.2) is 0 Å². The Kier molecular flexibility index (Phi) is 7.03. The topological polar surface area (TPSA) is 76.9 Å². The fourth-order valence-electron chi connectivity index (χ4n) is 4.87. The molecule has 0 radical (unpaired) electrons. The molecule has 2 aliphatic carbocycles. The molecule has 0 atom stereocenters. The number of benzene rings is 1. The SMILES string of the molecule is CN(C)c1nc(N[C@H]2CC[C@@H](CNCc3cccc(C#N)c3)CC2)nc2c1CCCC2. The molecule has 1 aromatic carbocycles. The van der Waals surface area contributed by atoms with E-state index in [-0.39, 0.29) is 0 Å². The molecule has 0 saturated heterocycles. The predicted molar refractivity (Wildman–Crippen MR) is 125 cm³/mol. The van der Waals surface area contributed by atoms with E-state index in [0.29, 0.717) is 12.0 Å². The monoisotopic (exact) mass is 418 g/mol. The van der Waals surface area contributed by atoms with Crippen LogP contribution in [0.5, 0.6) is 0 Å². The van der Waals surface area contributed by atoms with E-state index in [1.807, 2.05) is 18.2 Å². The van der Waals surface area contributed by atoms with Crippen LogP contribution in [0.3, 0.4) is 0 Å². The lowest BCUT2D eigenvalue weighted by molar-refractivity contribution is 0.323. The normalized spacial score (nSPS) is 20.5. The molecule has 0 spiro atoms. The Morgan fingerprint density at radius 2 is 1.90 bits per heavy atom. The van der Waals surface area contributed by atoms with E-state index in [4.69, 9.17) is 15.2 Å². The van der Waals surface area contributed by atoms with E-state index in [1.165, 1.54) is 42.5 Å². The van der Waals surface area contributed by atoms with Crippen LogP contribution in [0, 0.1) is 17.2 Å². The maximum Gasteiger partial charge on any atom is 0.225 e. The van der Waals surface area contributed by atoms with Gasteiger partial charge in [-0.25, -0.2) is 4.98 Å². The molecule has 0 amide bonds. The van der Waals surface area contributed by atoms with Gasteiger partial charge in [-0.2, -0.15) is 10.2 Å². The molecule has 0 unspecified atom stereocenters. The zero-order valence-electron chi connectivity index (χ0n) is 18.8. The average molecular weight is 419 g/mol. The van der Waals surface area contributed by atoms with Crippen molar-refractivity contribution in [3.05, 3.63) is 46.6 Å². The molecule has 6 nitrogen and oxygen atoms in total. The van der Waals surface area contributed by atoms with Crippen LogP contribution in [0.1, 0.15) is 60.9 Å². The minimum Gasteiger partial charge on any atom is -0.362 e. The fraction of sp³-hybridized carbons (Fsp3) is 0.560. The summed E-state index contributed by atoms with van der Waals surface area (Å²) >= 11 is 0. The number of nitrogens with zero attached hydrogens (tertiary/aromatic N) is 4. The van der Waals surface area contributed by atoms with Gasteiger partial charge in [-0.05, 0) is 81.5 Å². The van der Waals surface area contributed by atoms with Gasteiger partial charge in [-0.15, -0.1) is 0 Å². The lowest BCUT2D eigenvalue weighted by Gasteiger charge is -2.30. The molecular formula is C25H34N6. The fourth-order valence-corrected chi connectivity index (χ4v) is 4.87. The van der Waals surface area contributed by atoms with Crippen molar-refractivity contribution in [3.63, 3.8) is 0 Å². The minimum atomic E-state index is 0.459. The summed E-state index contributed by atoms with van der Waals surface area (Å²) in [5, 5.41) is 16.3. The summed E-state index contributed by atoms with van der Waals surface area (Å²) in [5.74, 6) is 2.60. The van der Waals surface area contributed by atoms with Gasteiger partial charge in [-0.1, -0.05) is 12.1 Å². The van der Waals surface area contributed by atoms with E-state index < -0.39 is 0 Å². The minimum absolute atomic E-state index is 0.459. The zero-order valence-corrected chi connectivity index (χ0v) is 18.8. The first kappa shape index (κ1) is 21.6. The summed E-state index contributed by atoms with van der Waals surface area (Å²) in [5.41, 5.74) is 4.49. The Hall–Kier alpha value is -2.65. The van der Waals surface area contributed by atoms with Gasteiger partial charge in [0.1, 0.15) is 5.82 Å². The van der Waals surface area contributed by atoms with Gasteiger partial charge in [0.2, 0.25) is 5.95 Å². The molecule has 1 saturated carbocycles. The van der Waals surface area contributed by atoms with Crippen LogP contribution >= 0.6 is 0 Å². The van der Waals surface area contributed by atoms with Crippen LogP contribution in [0.25, 0.3) is 0 Å². The van der Waals surface area contributed by atoms with E-state index in [2.05, 4.69) is 41.8 Å². The maximum atomic E-state index is 9.03. The van der Waals surface area contributed by atoms with Crippen LogP contribution < -0.4 is 15.5 Å². The molecule has 0 aliphatic heterocycles. The van der Waals surface area contributed by atoms with Crippen molar-refractivity contribution in [2.24, 2.45) is 5.92 Å². The molecule has 2 aliphatic rings. The van der Waals surface area contributed by atoms with E-state index in [9.17, 15) is 0 Å². The molecule has 164 valence electrons. The molecule has 4 rings (SSSR count). The largest absolute Gasteiger partial charge is 0.362 e. The summed E-state index contributed by atoms with van der Waals surface area (Å²) in [6.07, 6.45) is 9.40. The second kappa shape index (κ2) is 10.1. The molecule has 1 fully saturated rings. The Bertz CT molecular complexity index is 924. The quantitative estimate of drug-likeness (QED) is 0.706. The Morgan fingerprint density at radius 1 is 1.10 bits per heavy atom. The van der Waals surface area contributed by atoms with Gasteiger partial charge in [0.25, 0.3) is 0 Å². The van der Waals surface area contributed by atoms with Crippen molar-refractivity contribution in [2.45, 2.75) is 64.0 Å². The molecule has 31 heavy (non-hydrogen) atoms. The van der Waals surface area contributed by atoms with Crippen molar-refractivity contribution < 1.29 is 0 Å². The van der Waals surface area contributed by atoms with E-state index in [0.717, 1.165) is 56.1 Å². The molecule has 2 N–H and O–H groups in total. The highest BCUT2D eigenvalue weighted by Crippen LogP contribution is 2.30. The van der Waals surface area contributed by atoms with Crippen LogP contribution in [0.2, 0.25) is 0 Å². The number of anilines is 2. The van der Waals surface area contributed by atoms with Crippen molar-refractivity contribution in [2.75, 3.05) is 30.9 Å². The van der Waals surface area contributed by atoms with Crippen molar-refractivity contribution >= 4 is 11.8 Å². The Morgan fingerprint density at radius 3 is 2.68 bits per heavy atom. The molecule has 6 heteroatoms. The second-order valence-corrected chi connectivity index (χ2v) is 9.20. The van der Waals surface area contributed by atoms with Crippen molar-refractivity contribution in [1.29, 1.82) is 5.26 Å². The zero-order chi connectivity index (χ0) is 21.6. The molecule has 0 bridgehead atoms. The molecule has 1 aromatic heterocycles. The lowest BCUT2D eigenvalue weighted by Crippen LogP contribution is -2.32. The van der Waals surface area contributed by atoms with Crippen LogP contribution in [0.4, 0.5) is 11.8 Å². The van der Waals surface area contributed by atoms with Crippen molar-refractivity contribution in [1.82, 2.24) is 15.3 Å². The van der Waals surface area contributed by atoms with Gasteiger partial charge >= 0.3 is 0 Å². The van der Waals surface area contributed by atoms with Gasteiger partial charge < -0.3 is 15.5 Å². The first-order chi connectivity index (χ1) is 15.1. The van der Waals surface area contributed by atoms with Gasteiger partial charge in [0, 0.05) is 32.2 Å². The number of hydrogen-bond acceptors (Lipinski definition) is 6. The summed E-state index contributed by atoms with van der Waals surface area (Å²) < 4.78 is 0. The number of nitrogens with one attached hydrogen (secondary N) is 2. The number of aryl methyl sites for hydroxylation is 1. The first-order valence-corrected chi connectivity index (χ1v) is 11.7. The third kappa shape index (κ3) is 5.54. The van der Waals surface area contributed by atoms with Gasteiger partial charge in [0.05, 0.1) is 17.3 Å². The van der Waals surface area contributed by atoms with Crippen LogP contribution in [-0.4, -0.2) is 36.6 Å². The van der Waals surface area contributed by atoms with Crippen LogP contribution in [-0.2, 0) is 19.4 Å². The summed E-state index contributed by atoms with van der Waals surface area (Å²) in [4.78, 5) is 11.9. The van der Waals surface area contributed by atoms with Crippen LogP contribution in [0.15, 0.2) is 24.3 Å². The lowest BCUT2D eigenvalue weighted by atomic mass is 9.86. The molecule has 2 aromatic rings. The summed E-state index contributed by atoms with van der Waals surface area (Å²) in [6, 6.07) is 10.5. The van der Waals surface area contributed by atoms with E-state index in [1.54, 1.807) is 0 Å². The van der Waals surface area contributed by atoms with Gasteiger partial charge in [-0.3, -0.25) is 0 Å². The Labute approximate surface area is 186 Å². The summed E-state index contributed by atoms with van der Waals surface area (Å²) in [7, 11) is 4.16. The number of aromatic nitrogens is 2. The smallest absolute Gasteiger partial charge is 0.225 e. The number of fused-ring (bicyclic) bond motifs is 1. The van der Waals surface area contributed by atoms with Crippen molar-refractivity contribution in [3.8, 4) is 6.07 Å². The predicted octanol–water partition coefficient (Wildman–Crippen LogP) is 4.05. The highest BCUT2D eigenvalue weighted by molar-refractivity contribution is 5.52. The Balaban J connectivity index is 1.26. The maximum absolute atomic E-state index is 9.03. The van der Waals surface area contributed by atoms with E-state index >= 15 is 0 Å². The molecular weight excluding hydrogens is 384 g/mol. The summed E-state index contributed by atoms with van der Waals surface area (Å²) in [6.45, 7) is 1.85. The standard InChI is InChI=1S/C25H34N6/c1-31(2)24-22-8-3-4-9-23(22)29-25(30-24)28-21-12-10-18(11-13-21)16-27-17-20-7-5-6-19(14-20)15-26/h5-7,14,18,21,27H,3-4,8-13,16-17H2,1-2H3,(H,28,29,30)/t18-,21+. The number of hydrogen-bond donors (Lipinski definition) is 2. The number of nitriles is 1. The third-order valence-corrected chi connectivity index (χ3v) is 6.58. The second-order valence-electron chi connectivity index (χ2n) is 9.20. The number of rotatable bonds is 7.